The third-order valence-electron chi connectivity index (χ3n) is 5.05. The highest BCUT2D eigenvalue weighted by molar-refractivity contribution is 5.98. The molecule has 0 unspecified atom stereocenters. The average molecular weight is 378 g/mol. The number of nitrogens with two attached hydrogens (primary N) is 1. The lowest BCUT2D eigenvalue weighted by molar-refractivity contribution is 0.0700. The molecule has 2 amide bonds. The predicted octanol–water partition coefficient (Wildman–Crippen LogP) is 2.89. The lowest BCUT2D eigenvalue weighted by atomic mass is 9.90. The van der Waals surface area contributed by atoms with Gasteiger partial charge in [-0.1, -0.05) is 6.07 Å². The summed E-state index contributed by atoms with van der Waals surface area (Å²) in [5.74, 6) is -1.28. The summed E-state index contributed by atoms with van der Waals surface area (Å²) in [5.41, 5.74) is 7.39. The highest BCUT2D eigenvalue weighted by Gasteiger charge is 2.29. The normalized spacial score (nSPS) is 16.9. The van der Waals surface area contributed by atoms with Crippen LogP contribution in [0.4, 0.5) is 4.39 Å². The largest absolute Gasteiger partial charge is 0.366 e. The number of rotatable bonds is 3. The fourth-order valence-electron chi connectivity index (χ4n) is 3.71. The van der Waals surface area contributed by atoms with Gasteiger partial charge in [0.1, 0.15) is 11.5 Å². The van der Waals surface area contributed by atoms with Crippen molar-refractivity contribution in [1.29, 1.82) is 0 Å². The van der Waals surface area contributed by atoms with Crippen LogP contribution in [0, 0.1) is 5.82 Å². The smallest absolute Gasteiger partial charge is 0.272 e. The van der Waals surface area contributed by atoms with Crippen LogP contribution in [0.5, 0.6) is 0 Å². The van der Waals surface area contributed by atoms with E-state index in [4.69, 9.17) is 5.73 Å². The van der Waals surface area contributed by atoms with Crippen LogP contribution in [-0.4, -0.2) is 39.8 Å². The minimum atomic E-state index is -0.609. The molecule has 1 aliphatic heterocycles. The standard InChI is InChI=1S/C21H19FN4O2/c22-15-6-7-17-14(10-15)11-16(20(23)27)19(25-17)13-4-3-9-26(12-13)21(28)18-5-1-2-8-24-18/h1-2,5-8,10-11,13H,3-4,9,12H2,(H2,23,27)/t13-/m1/s1. The molecular formula is C21H19FN4O2. The summed E-state index contributed by atoms with van der Waals surface area (Å²) in [4.78, 5) is 35.3. The number of hydrogen-bond donors (Lipinski definition) is 1. The molecule has 6 nitrogen and oxygen atoms in total. The molecule has 2 N–H and O–H groups in total. The molecule has 1 saturated heterocycles. The molecule has 1 atom stereocenters. The van der Waals surface area contributed by atoms with Crippen LogP contribution >= 0.6 is 0 Å². The van der Waals surface area contributed by atoms with Gasteiger partial charge in [-0.25, -0.2) is 4.39 Å². The predicted molar refractivity (Wildman–Crippen MR) is 102 cm³/mol. The number of pyridine rings is 2. The number of carbonyl (C=O) groups is 2. The molecule has 3 aromatic rings. The van der Waals surface area contributed by atoms with E-state index in [0.717, 1.165) is 12.8 Å². The van der Waals surface area contributed by atoms with Gasteiger partial charge in [0.15, 0.2) is 0 Å². The molecule has 0 bridgehead atoms. The number of halogens is 1. The SMILES string of the molecule is NC(=O)c1cc2cc(F)ccc2nc1[C@@H]1CCCN(C(=O)c2ccccn2)C1. The van der Waals surface area contributed by atoms with Crippen molar-refractivity contribution in [1.82, 2.24) is 14.9 Å². The van der Waals surface area contributed by atoms with Crippen LogP contribution in [0.25, 0.3) is 10.9 Å². The summed E-state index contributed by atoms with van der Waals surface area (Å²) in [5, 5.41) is 0.523. The van der Waals surface area contributed by atoms with Gasteiger partial charge >= 0.3 is 0 Å². The van der Waals surface area contributed by atoms with Gasteiger partial charge in [0.05, 0.1) is 16.8 Å². The summed E-state index contributed by atoms with van der Waals surface area (Å²) < 4.78 is 13.5. The molecule has 1 aliphatic rings. The van der Waals surface area contributed by atoms with E-state index in [2.05, 4.69) is 9.97 Å². The Bertz CT molecular complexity index is 1050. The molecule has 0 radical (unpaired) electrons. The van der Waals surface area contributed by atoms with Crippen LogP contribution < -0.4 is 5.73 Å². The highest BCUT2D eigenvalue weighted by atomic mass is 19.1. The fourth-order valence-corrected chi connectivity index (χ4v) is 3.71. The molecule has 1 fully saturated rings. The Labute approximate surface area is 161 Å². The number of benzene rings is 1. The molecular weight excluding hydrogens is 359 g/mol. The highest BCUT2D eigenvalue weighted by Crippen LogP contribution is 2.30. The molecule has 142 valence electrons. The third-order valence-corrected chi connectivity index (χ3v) is 5.05. The van der Waals surface area contributed by atoms with Gasteiger partial charge in [0, 0.05) is 30.6 Å². The number of aromatic nitrogens is 2. The number of piperidine rings is 1. The zero-order valence-corrected chi connectivity index (χ0v) is 15.1. The zero-order valence-electron chi connectivity index (χ0n) is 15.1. The molecule has 28 heavy (non-hydrogen) atoms. The van der Waals surface area contributed by atoms with Crippen molar-refractivity contribution >= 4 is 22.7 Å². The number of hydrogen-bond acceptors (Lipinski definition) is 4. The Morgan fingerprint density at radius 3 is 2.79 bits per heavy atom. The molecule has 0 aliphatic carbocycles. The third kappa shape index (κ3) is 3.43. The Morgan fingerprint density at radius 2 is 2.04 bits per heavy atom. The van der Waals surface area contributed by atoms with E-state index in [1.165, 1.54) is 12.1 Å². The van der Waals surface area contributed by atoms with E-state index in [1.807, 2.05) is 0 Å². The van der Waals surface area contributed by atoms with Crippen molar-refractivity contribution in [3.05, 3.63) is 71.4 Å². The summed E-state index contributed by atoms with van der Waals surface area (Å²) in [7, 11) is 0. The van der Waals surface area contributed by atoms with Gasteiger partial charge in [-0.3, -0.25) is 19.6 Å². The second-order valence-electron chi connectivity index (χ2n) is 6.93. The maximum Gasteiger partial charge on any atom is 0.272 e. The Kier molecular flexibility index (Phi) is 4.73. The van der Waals surface area contributed by atoms with E-state index < -0.39 is 11.7 Å². The topological polar surface area (TPSA) is 89.2 Å². The van der Waals surface area contributed by atoms with Crippen molar-refractivity contribution < 1.29 is 14.0 Å². The number of fused-ring (bicyclic) bond motifs is 1. The summed E-state index contributed by atoms with van der Waals surface area (Å²) in [6.07, 6.45) is 3.15. The summed E-state index contributed by atoms with van der Waals surface area (Å²) in [6.45, 7) is 1.05. The van der Waals surface area contributed by atoms with Crippen molar-refractivity contribution in [2.75, 3.05) is 13.1 Å². The Morgan fingerprint density at radius 1 is 1.18 bits per heavy atom. The van der Waals surface area contributed by atoms with Gasteiger partial charge < -0.3 is 10.6 Å². The second kappa shape index (κ2) is 7.34. The summed E-state index contributed by atoms with van der Waals surface area (Å²) in [6, 6.07) is 11.1. The molecule has 3 heterocycles. The van der Waals surface area contributed by atoms with E-state index in [1.54, 1.807) is 41.4 Å². The number of likely N-dealkylation sites (tertiary alicyclic amines) is 1. The molecule has 0 spiro atoms. The zero-order chi connectivity index (χ0) is 19.7. The first-order valence-corrected chi connectivity index (χ1v) is 9.13. The maximum atomic E-state index is 13.5. The molecule has 1 aromatic carbocycles. The minimum Gasteiger partial charge on any atom is -0.366 e. The van der Waals surface area contributed by atoms with Crippen LogP contribution in [0.2, 0.25) is 0 Å². The van der Waals surface area contributed by atoms with E-state index >= 15 is 0 Å². The average Bonchev–Trinajstić information content (AvgIpc) is 2.73. The first kappa shape index (κ1) is 18.0. The molecule has 0 saturated carbocycles. The van der Waals surface area contributed by atoms with Gasteiger partial charge in [0.25, 0.3) is 11.8 Å². The van der Waals surface area contributed by atoms with Crippen molar-refractivity contribution in [2.45, 2.75) is 18.8 Å². The van der Waals surface area contributed by atoms with E-state index in [-0.39, 0.29) is 17.4 Å². The quantitative estimate of drug-likeness (QED) is 0.759. The van der Waals surface area contributed by atoms with Gasteiger partial charge in [0.2, 0.25) is 0 Å². The van der Waals surface area contributed by atoms with E-state index in [9.17, 15) is 14.0 Å². The molecule has 4 rings (SSSR count). The van der Waals surface area contributed by atoms with Crippen LogP contribution in [0.3, 0.4) is 0 Å². The first-order chi connectivity index (χ1) is 13.5. The fraction of sp³-hybridized carbons (Fsp3) is 0.238. The van der Waals surface area contributed by atoms with Crippen LogP contribution in [0.15, 0.2) is 48.7 Å². The van der Waals surface area contributed by atoms with Gasteiger partial charge in [-0.05, 0) is 49.2 Å². The van der Waals surface area contributed by atoms with Gasteiger partial charge in [-0.15, -0.1) is 0 Å². The lowest BCUT2D eigenvalue weighted by Crippen LogP contribution is -2.40. The second-order valence-corrected chi connectivity index (χ2v) is 6.93. The van der Waals surface area contributed by atoms with Gasteiger partial charge in [-0.2, -0.15) is 0 Å². The molecule has 7 heteroatoms. The van der Waals surface area contributed by atoms with Crippen molar-refractivity contribution in [3.8, 4) is 0 Å². The minimum absolute atomic E-state index is 0.127. The number of nitrogens with zero attached hydrogens (tertiary/aromatic N) is 3. The van der Waals surface area contributed by atoms with Crippen molar-refractivity contribution in [3.63, 3.8) is 0 Å². The number of primary amides is 1. The maximum absolute atomic E-state index is 13.5. The molecule has 2 aromatic heterocycles. The number of amides is 2. The Hall–Kier alpha value is -3.35. The van der Waals surface area contributed by atoms with Crippen molar-refractivity contribution in [2.24, 2.45) is 5.73 Å². The van der Waals surface area contributed by atoms with Crippen LogP contribution in [0.1, 0.15) is 45.3 Å². The Balaban J connectivity index is 1.68. The first-order valence-electron chi connectivity index (χ1n) is 9.13. The number of carbonyl (C=O) groups excluding carboxylic acids is 2. The van der Waals surface area contributed by atoms with E-state index in [0.29, 0.717) is 35.4 Å². The monoisotopic (exact) mass is 378 g/mol. The van der Waals surface area contributed by atoms with Crippen LogP contribution in [-0.2, 0) is 0 Å². The lowest BCUT2D eigenvalue weighted by Gasteiger charge is -2.33. The summed E-state index contributed by atoms with van der Waals surface area (Å²) >= 11 is 0.